The van der Waals surface area contributed by atoms with Crippen molar-refractivity contribution >= 4 is 24.4 Å². The zero-order chi connectivity index (χ0) is 23.8. The average molecular weight is 477 g/mol. The average Bonchev–Trinajstić information content (AvgIpc) is 2.83. The van der Waals surface area contributed by atoms with Crippen molar-refractivity contribution in [3.05, 3.63) is 65.7 Å². The molecule has 0 saturated heterocycles. The maximum atomic E-state index is 14.8. The topological polar surface area (TPSA) is 102 Å². The highest BCUT2D eigenvalue weighted by Gasteiger charge is 2.23. The predicted octanol–water partition coefficient (Wildman–Crippen LogP) is 3.86. The highest BCUT2D eigenvalue weighted by Crippen LogP contribution is 2.32. The Balaban J connectivity index is 1.82. The van der Waals surface area contributed by atoms with Crippen molar-refractivity contribution in [3.63, 3.8) is 0 Å². The Labute approximate surface area is 193 Å². The zero-order valence-electron chi connectivity index (χ0n) is 18.1. The minimum absolute atomic E-state index is 0.0276. The molecule has 3 rings (SSSR count). The summed E-state index contributed by atoms with van der Waals surface area (Å²) in [5, 5.41) is 0. The van der Waals surface area contributed by atoms with Gasteiger partial charge < -0.3 is 14.4 Å². The number of pyridine rings is 3. The number of nitrogens with one attached hydrogen (secondary N) is 2. The van der Waals surface area contributed by atoms with Crippen molar-refractivity contribution in [3.8, 4) is 17.4 Å². The van der Waals surface area contributed by atoms with Gasteiger partial charge in [-0.15, -0.1) is 0 Å². The molecule has 3 heterocycles. The third-order valence-corrected chi connectivity index (χ3v) is 5.12. The second kappa shape index (κ2) is 11.4. The van der Waals surface area contributed by atoms with Crippen molar-refractivity contribution in [2.24, 2.45) is 0 Å². The van der Waals surface area contributed by atoms with Crippen LogP contribution in [0.5, 0.6) is 17.4 Å². The quantitative estimate of drug-likeness (QED) is 0.315. The molecule has 1 unspecified atom stereocenters. The number of carbonyl (C=O) groups excluding carboxylic acids is 1. The minimum atomic E-state index is -0.623. The summed E-state index contributed by atoms with van der Waals surface area (Å²) in [6.45, 7) is 1.70. The van der Waals surface area contributed by atoms with Gasteiger partial charge in [-0.1, -0.05) is 0 Å². The van der Waals surface area contributed by atoms with Crippen molar-refractivity contribution in [2.75, 3.05) is 18.9 Å². The summed E-state index contributed by atoms with van der Waals surface area (Å²) in [5.74, 6) is -0.833. The Hall–Kier alpha value is -3.51. The van der Waals surface area contributed by atoms with E-state index in [2.05, 4.69) is 24.4 Å². The molecule has 0 aliphatic carbocycles. The molecule has 174 valence electrons. The van der Waals surface area contributed by atoms with E-state index < -0.39 is 17.7 Å². The van der Waals surface area contributed by atoms with Crippen LogP contribution in [-0.4, -0.2) is 40.4 Å². The Morgan fingerprint density at radius 3 is 2.76 bits per heavy atom. The van der Waals surface area contributed by atoms with Crippen molar-refractivity contribution < 1.29 is 23.0 Å². The third kappa shape index (κ3) is 5.84. The fourth-order valence-corrected chi connectivity index (χ4v) is 3.26. The predicted molar refractivity (Wildman–Crippen MR) is 120 cm³/mol. The minimum Gasteiger partial charge on any atom is -0.495 e. The summed E-state index contributed by atoms with van der Waals surface area (Å²) in [5.41, 5.74) is 0.685. The van der Waals surface area contributed by atoms with E-state index in [1.165, 1.54) is 54.9 Å². The number of rotatable bonds is 11. The number of anilines is 1. The summed E-state index contributed by atoms with van der Waals surface area (Å²) in [4.78, 5) is 25.4. The summed E-state index contributed by atoms with van der Waals surface area (Å²) >= 11 is 1.07. The van der Waals surface area contributed by atoms with Crippen LogP contribution in [0.1, 0.15) is 24.2 Å². The molecule has 0 bridgehead atoms. The van der Waals surface area contributed by atoms with Crippen LogP contribution in [0.25, 0.3) is 0 Å². The first-order valence-corrected chi connectivity index (χ1v) is 10.6. The van der Waals surface area contributed by atoms with Gasteiger partial charge in [0.25, 0.3) is 5.88 Å². The molecule has 2 N–H and O–H groups in total. The molecular formula is C21H22F2N6O3S. The second-order valence-electron chi connectivity index (χ2n) is 6.65. The van der Waals surface area contributed by atoms with Gasteiger partial charge in [0.05, 0.1) is 19.3 Å². The van der Waals surface area contributed by atoms with E-state index in [0.29, 0.717) is 17.9 Å². The Bertz CT molecular complexity index is 1110. The number of carbonyl (C=O) groups is 1. The molecule has 3 aromatic rings. The first-order chi connectivity index (χ1) is 16.0. The molecule has 0 saturated carbocycles. The lowest BCUT2D eigenvalue weighted by Gasteiger charge is -2.26. The van der Waals surface area contributed by atoms with Gasteiger partial charge in [0.15, 0.2) is 23.2 Å². The first-order valence-electron chi connectivity index (χ1n) is 9.73. The van der Waals surface area contributed by atoms with E-state index in [9.17, 15) is 13.6 Å². The summed E-state index contributed by atoms with van der Waals surface area (Å²) in [7, 11) is 3.11. The zero-order valence-corrected chi connectivity index (χ0v) is 18.9. The molecule has 0 aromatic carbocycles. The fourth-order valence-electron chi connectivity index (χ4n) is 2.92. The van der Waals surface area contributed by atoms with Crippen LogP contribution >= 0.6 is 12.1 Å². The van der Waals surface area contributed by atoms with Crippen LogP contribution in [-0.2, 0) is 11.3 Å². The van der Waals surface area contributed by atoms with Gasteiger partial charge in [-0.25, -0.2) is 23.5 Å². The molecule has 0 aliphatic heterocycles. The number of amides is 1. The number of aromatic nitrogens is 3. The molecule has 0 aliphatic rings. The Morgan fingerprint density at radius 1 is 1.24 bits per heavy atom. The summed E-state index contributed by atoms with van der Waals surface area (Å²) in [6.07, 6.45) is 4.83. The maximum Gasteiger partial charge on any atom is 0.255 e. The molecule has 0 radical (unpaired) electrons. The second-order valence-corrected chi connectivity index (χ2v) is 7.46. The lowest BCUT2D eigenvalue weighted by atomic mass is 10.1. The molecule has 1 atom stereocenters. The Kier molecular flexibility index (Phi) is 8.33. The van der Waals surface area contributed by atoms with Crippen LogP contribution < -0.4 is 18.9 Å². The molecular weight excluding hydrogens is 454 g/mol. The smallest absolute Gasteiger partial charge is 0.255 e. The molecule has 1 amide bonds. The lowest BCUT2D eigenvalue weighted by molar-refractivity contribution is -0.120. The van der Waals surface area contributed by atoms with E-state index >= 15 is 0 Å². The number of methoxy groups -OCH3 is 1. The fraction of sp³-hybridized carbons (Fsp3) is 0.238. The summed E-state index contributed by atoms with van der Waals surface area (Å²) in [6, 6.07) is 5.11. The highest BCUT2D eigenvalue weighted by molar-refractivity contribution is 7.98. The molecule has 12 heteroatoms. The molecule has 0 fully saturated rings. The van der Waals surface area contributed by atoms with E-state index in [0.717, 1.165) is 12.1 Å². The SMILES string of the molecule is CNSNc1nccc(CN(C=O)C(C)c2ncc(Oc3ncccc3F)cc2OC)c1F. The Morgan fingerprint density at radius 2 is 2.06 bits per heavy atom. The largest absolute Gasteiger partial charge is 0.495 e. The molecule has 3 aromatic heterocycles. The van der Waals surface area contributed by atoms with Gasteiger partial charge in [-0.05, 0) is 32.2 Å². The van der Waals surface area contributed by atoms with Crippen molar-refractivity contribution in [2.45, 2.75) is 19.5 Å². The van der Waals surface area contributed by atoms with E-state index in [4.69, 9.17) is 9.47 Å². The lowest BCUT2D eigenvalue weighted by Crippen LogP contribution is -2.26. The van der Waals surface area contributed by atoms with Gasteiger partial charge >= 0.3 is 0 Å². The van der Waals surface area contributed by atoms with Crippen LogP contribution in [0.4, 0.5) is 14.6 Å². The summed E-state index contributed by atoms with van der Waals surface area (Å²) < 4.78 is 45.0. The van der Waals surface area contributed by atoms with Crippen LogP contribution in [0.15, 0.2) is 42.9 Å². The standard InChI is InChI=1S/C21H22F2N6O3S/c1-13(29(12-30)11-14-6-8-25-20(18(14)23)28-33-24-2)19-17(31-3)9-15(10-27-19)32-21-16(22)5-4-7-26-21/h4-10,12-13,24H,11H2,1-3H3,(H,25,28). The van der Waals surface area contributed by atoms with E-state index in [1.54, 1.807) is 14.0 Å². The van der Waals surface area contributed by atoms with Gasteiger partial charge in [0, 0.05) is 42.7 Å². The normalized spacial score (nSPS) is 11.5. The van der Waals surface area contributed by atoms with Crippen molar-refractivity contribution in [1.29, 1.82) is 0 Å². The maximum absolute atomic E-state index is 14.8. The van der Waals surface area contributed by atoms with Crippen LogP contribution in [0.2, 0.25) is 0 Å². The highest BCUT2D eigenvalue weighted by atomic mass is 32.2. The molecule has 9 nitrogen and oxygen atoms in total. The van der Waals surface area contributed by atoms with E-state index in [-0.39, 0.29) is 29.6 Å². The number of hydrogen-bond acceptors (Lipinski definition) is 9. The number of halogens is 2. The molecule has 33 heavy (non-hydrogen) atoms. The van der Waals surface area contributed by atoms with Crippen LogP contribution in [0.3, 0.4) is 0 Å². The van der Waals surface area contributed by atoms with Gasteiger partial charge in [0.2, 0.25) is 6.41 Å². The van der Waals surface area contributed by atoms with Crippen molar-refractivity contribution in [1.82, 2.24) is 24.6 Å². The monoisotopic (exact) mass is 476 g/mol. The van der Waals surface area contributed by atoms with E-state index in [1.807, 2.05) is 0 Å². The van der Waals surface area contributed by atoms with Gasteiger partial charge in [-0.3, -0.25) is 14.5 Å². The first kappa shape index (κ1) is 24.1. The van der Waals surface area contributed by atoms with Gasteiger partial charge in [0.1, 0.15) is 11.4 Å². The molecule has 0 spiro atoms. The number of nitrogens with zero attached hydrogens (tertiary/aromatic N) is 4. The van der Waals surface area contributed by atoms with Gasteiger partial charge in [-0.2, -0.15) is 0 Å². The third-order valence-electron chi connectivity index (χ3n) is 4.62. The number of ether oxygens (including phenoxy) is 2. The number of hydrogen-bond donors (Lipinski definition) is 2. The van der Waals surface area contributed by atoms with Crippen LogP contribution in [0, 0.1) is 11.6 Å².